The highest BCUT2D eigenvalue weighted by Gasteiger charge is 2.14. The van der Waals surface area contributed by atoms with E-state index in [9.17, 15) is 4.79 Å². The fourth-order valence-corrected chi connectivity index (χ4v) is 2.60. The van der Waals surface area contributed by atoms with Crippen LogP contribution in [-0.2, 0) is 0 Å². The maximum absolute atomic E-state index is 12.9. The summed E-state index contributed by atoms with van der Waals surface area (Å²) in [6.07, 6.45) is 6.62. The van der Waals surface area contributed by atoms with Crippen molar-refractivity contribution >= 4 is 52.4 Å². The summed E-state index contributed by atoms with van der Waals surface area (Å²) in [4.78, 5) is 16.9. The van der Waals surface area contributed by atoms with E-state index in [0.29, 0.717) is 26.3 Å². The summed E-state index contributed by atoms with van der Waals surface area (Å²) in [6, 6.07) is 11.9. The molecular formula is C18H11Cl3N2O. The number of carbonyl (C=O) groups excluding carboxylic acids is 1. The topological polar surface area (TPSA) is 34.9 Å². The molecule has 0 unspecified atom stereocenters. The van der Waals surface area contributed by atoms with E-state index in [0.717, 1.165) is 5.56 Å². The third-order valence-electron chi connectivity index (χ3n) is 3.37. The number of nitrogens with zero attached hydrogens (tertiary/aromatic N) is 2. The Kier molecular flexibility index (Phi) is 5.05. The summed E-state index contributed by atoms with van der Waals surface area (Å²) in [5, 5.41) is 1.46. The van der Waals surface area contributed by atoms with Gasteiger partial charge in [0, 0.05) is 23.0 Å². The number of hydrogen-bond donors (Lipinski definition) is 0. The van der Waals surface area contributed by atoms with E-state index < -0.39 is 0 Å². The monoisotopic (exact) mass is 376 g/mol. The Labute approximate surface area is 154 Å². The summed E-state index contributed by atoms with van der Waals surface area (Å²) < 4.78 is 1.65. The average molecular weight is 378 g/mol. The zero-order valence-corrected chi connectivity index (χ0v) is 14.6. The minimum Gasteiger partial charge on any atom is -0.303 e. The molecule has 0 spiro atoms. The van der Waals surface area contributed by atoms with Crippen molar-refractivity contribution in [3.8, 4) is 0 Å². The zero-order valence-electron chi connectivity index (χ0n) is 12.3. The van der Waals surface area contributed by atoms with E-state index in [-0.39, 0.29) is 5.78 Å². The van der Waals surface area contributed by atoms with Crippen LogP contribution in [0.3, 0.4) is 0 Å². The van der Waals surface area contributed by atoms with Gasteiger partial charge in [-0.2, -0.15) is 0 Å². The molecule has 3 nitrogen and oxygen atoms in total. The number of aromatic nitrogens is 2. The summed E-state index contributed by atoms with van der Waals surface area (Å²) in [5.74, 6) is -0.157. The fraction of sp³-hybridized carbons (Fsp3) is 0. The van der Waals surface area contributed by atoms with Crippen LogP contribution in [0.5, 0.6) is 0 Å². The minimum absolute atomic E-state index is 0.157. The third kappa shape index (κ3) is 3.70. The van der Waals surface area contributed by atoms with Gasteiger partial charge in [0.1, 0.15) is 0 Å². The number of allylic oxidation sites excluding steroid dienone is 1. The second-order valence-electron chi connectivity index (χ2n) is 5.01. The Balaban J connectivity index is 2.06. The van der Waals surface area contributed by atoms with Crippen molar-refractivity contribution in [2.75, 3.05) is 0 Å². The minimum atomic E-state index is -0.157. The van der Waals surface area contributed by atoms with Crippen LogP contribution in [0.25, 0.3) is 11.8 Å². The van der Waals surface area contributed by atoms with Gasteiger partial charge in [-0.3, -0.25) is 4.79 Å². The van der Waals surface area contributed by atoms with Crippen LogP contribution in [0.1, 0.15) is 15.9 Å². The first-order valence-corrected chi connectivity index (χ1v) is 8.13. The number of carbonyl (C=O) groups is 1. The van der Waals surface area contributed by atoms with E-state index in [2.05, 4.69) is 4.98 Å². The van der Waals surface area contributed by atoms with E-state index in [1.165, 1.54) is 0 Å². The fourth-order valence-electron chi connectivity index (χ4n) is 2.17. The Hall–Kier alpha value is -2.07. The number of ketones is 1. The van der Waals surface area contributed by atoms with Crippen LogP contribution < -0.4 is 0 Å². The van der Waals surface area contributed by atoms with E-state index in [1.807, 2.05) is 0 Å². The predicted octanol–water partition coefficient (Wildman–Crippen LogP) is 5.72. The molecule has 6 heteroatoms. The second kappa shape index (κ2) is 7.22. The van der Waals surface area contributed by atoms with Gasteiger partial charge in [-0.05, 0) is 48.0 Å². The van der Waals surface area contributed by atoms with Crippen LogP contribution in [-0.4, -0.2) is 15.3 Å². The second-order valence-corrected chi connectivity index (χ2v) is 6.26. The lowest BCUT2D eigenvalue weighted by Crippen LogP contribution is -2.08. The van der Waals surface area contributed by atoms with Crippen molar-refractivity contribution < 1.29 is 4.79 Å². The van der Waals surface area contributed by atoms with E-state index in [1.54, 1.807) is 71.8 Å². The van der Waals surface area contributed by atoms with Crippen molar-refractivity contribution in [1.82, 2.24) is 9.55 Å². The average Bonchev–Trinajstić information content (AvgIpc) is 3.10. The van der Waals surface area contributed by atoms with Gasteiger partial charge in [-0.25, -0.2) is 4.98 Å². The standard InChI is InChI=1S/C18H11Cl3N2O/c19-14-4-2-13(3-5-14)18(24)17(23-8-7-22-11-23)10-12-1-6-15(20)16(21)9-12/h1-11H/b17-10+. The Morgan fingerprint density at radius 3 is 2.38 bits per heavy atom. The first-order chi connectivity index (χ1) is 11.5. The molecule has 3 aromatic rings. The molecular weight excluding hydrogens is 367 g/mol. The summed E-state index contributed by atoms with van der Waals surface area (Å²) in [7, 11) is 0. The Morgan fingerprint density at radius 1 is 1.00 bits per heavy atom. The van der Waals surface area contributed by atoms with Gasteiger partial charge in [0.05, 0.1) is 22.1 Å². The lowest BCUT2D eigenvalue weighted by Gasteiger charge is -2.09. The Morgan fingerprint density at radius 2 is 1.75 bits per heavy atom. The van der Waals surface area contributed by atoms with Crippen LogP contribution in [0, 0.1) is 0 Å². The van der Waals surface area contributed by atoms with Crippen molar-refractivity contribution in [1.29, 1.82) is 0 Å². The van der Waals surface area contributed by atoms with Gasteiger partial charge in [0.2, 0.25) is 5.78 Å². The molecule has 120 valence electrons. The molecule has 2 aromatic carbocycles. The van der Waals surface area contributed by atoms with Gasteiger partial charge >= 0.3 is 0 Å². The third-order valence-corrected chi connectivity index (χ3v) is 4.36. The molecule has 0 fully saturated rings. The molecule has 0 aliphatic rings. The highest BCUT2D eigenvalue weighted by molar-refractivity contribution is 6.42. The summed E-state index contributed by atoms with van der Waals surface area (Å²) in [5.41, 5.74) is 1.73. The number of benzene rings is 2. The van der Waals surface area contributed by atoms with Gasteiger partial charge in [0.25, 0.3) is 0 Å². The molecule has 0 radical (unpaired) electrons. The van der Waals surface area contributed by atoms with Crippen molar-refractivity contribution in [2.24, 2.45) is 0 Å². The molecule has 3 rings (SSSR count). The normalized spacial score (nSPS) is 11.5. The van der Waals surface area contributed by atoms with Crippen LogP contribution in [0.4, 0.5) is 0 Å². The molecule has 0 N–H and O–H groups in total. The number of imidazole rings is 1. The maximum atomic E-state index is 12.9. The molecule has 0 aliphatic heterocycles. The smallest absolute Gasteiger partial charge is 0.209 e. The molecule has 0 aliphatic carbocycles. The lowest BCUT2D eigenvalue weighted by molar-refractivity contribution is 0.105. The quantitative estimate of drug-likeness (QED) is 0.430. The highest BCUT2D eigenvalue weighted by atomic mass is 35.5. The van der Waals surface area contributed by atoms with Gasteiger partial charge in [-0.15, -0.1) is 0 Å². The SMILES string of the molecule is O=C(/C(=C\c1ccc(Cl)c(Cl)c1)n1ccnc1)c1ccc(Cl)cc1. The van der Waals surface area contributed by atoms with Crippen LogP contribution >= 0.6 is 34.8 Å². The van der Waals surface area contributed by atoms with Crippen molar-refractivity contribution in [3.05, 3.63) is 87.4 Å². The summed E-state index contributed by atoms with van der Waals surface area (Å²) >= 11 is 17.9. The lowest BCUT2D eigenvalue weighted by atomic mass is 10.1. The predicted molar refractivity (Wildman–Crippen MR) is 98.6 cm³/mol. The number of Topliss-reactive ketones (excluding diaryl/α,β-unsaturated/α-hetero) is 1. The highest BCUT2D eigenvalue weighted by Crippen LogP contribution is 2.25. The molecule has 0 amide bonds. The molecule has 24 heavy (non-hydrogen) atoms. The molecule has 0 saturated carbocycles. The number of halogens is 3. The van der Waals surface area contributed by atoms with Crippen LogP contribution in [0.15, 0.2) is 61.2 Å². The number of rotatable bonds is 4. The molecule has 0 saturated heterocycles. The van der Waals surface area contributed by atoms with E-state index >= 15 is 0 Å². The Bertz CT molecular complexity index is 901. The largest absolute Gasteiger partial charge is 0.303 e. The molecule has 1 aromatic heterocycles. The summed E-state index contributed by atoms with van der Waals surface area (Å²) in [6.45, 7) is 0. The zero-order chi connectivity index (χ0) is 17.1. The molecule has 0 atom stereocenters. The van der Waals surface area contributed by atoms with Gasteiger partial charge in [0.15, 0.2) is 0 Å². The first-order valence-electron chi connectivity index (χ1n) is 7.00. The van der Waals surface area contributed by atoms with E-state index in [4.69, 9.17) is 34.8 Å². The van der Waals surface area contributed by atoms with Crippen molar-refractivity contribution in [3.63, 3.8) is 0 Å². The molecule has 0 bridgehead atoms. The number of hydrogen-bond acceptors (Lipinski definition) is 2. The van der Waals surface area contributed by atoms with Gasteiger partial charge in [-0.1, -0.05) is 40.9 Å². The first kappa shape index (κ1) is 16.8. The molecule has 1 heterocycles. The van der Waals surface area contributed by atoms with Crippen LogP contribution in [0.2, 0.25) is 15.1 Å². The van der Waals surface area contributed by atoms with Crippen molar-refractivity contribution in [2.45, 2.75) is 0 Å². The maximum Gasteiger partial charge on any atom is 0.209 e. The van der Waals surface area contributed by atoms with Gasteiger partial charge < -0.3 is 4.57 Å².